The van der Waals surface area contributed by atoms with Gasteiger partial charge in [0.1, 0.15) is 17.4 Å². The molecule has 0 saturated carbocycles. The zero-order valence-corrected chi connectivity index (χ0v) is 16.2. The lowest BCUT2D eigenvalue weighted by molar-refractivity contribution is -0.134. The average molecular weight is 403 g/mol. The lowest BCUT2D eigenvalue weighted by atomic mass is 9.86. The van der Waals surface area contributed by atoms with Gasteiger partial charge in [0.2, 0.25) is 5.91 Å². The van der Waals surface area contributed by atoms with Gasteiger partial charge in [-0.05, 0) is 18.6 Å². The van der Waals surface area contributed by atoms with Crippen LogP contribution in [0.3, 0.4) is 0 Å². The molecule has 0 fully saturated rings. The maximum absolute atomic E-state index is 14.5. The second-order valence-corrected chi connectivity index (χ2v) is 6.78. The van der Waals surface area contributed by atoms with E-state index < -0.39 is 47.6 Å². The van der Waals surface area contributed by atoms with Gasteiger partial charge in [0.05, 0.1) is 5.92 Å². The van der Waals surface area contributed by atoms with Crippen LogP contribution in [0.25, 0.3) is 11.1 Å². The summed E-state index contributed by atoms with van der Waals surface area (Å²) in [7, 11) is 1.38. The molecule has 2 aromatic rings. The van der Waals surface area contributed by atoms with Crippen LogP contribution in [-0.4, -0.2) is 36.2 Å². The lowest BCUT2D eigenvalue weighted by Crippen LogP contribution is -2.35. The third kappa shape index (κ3) is 5.32. The zero-order valence-electron chi connectivity index (χ0n) is 16.2. The molecule has 0 aromatic heterocycles. The Balaban J connectivity index is 2.22. The first kappa shape index (κ1) is 22.4. The van der Waals surface area contributed by atoms with Crippen molar-refractivity contribution in [2.75, 3.05) is 13.7 Å². The number of halogens is 2. The van der Waals surface area contributed by atoms with Crippen LogP contribution in [0.5, 0.6) is 0 Å². The van der Waals surface area contributed by atoms with Crippen LogP contribution in [0.4, 0.5) is 8.78 Å². The van der Waals surface area contributed by atoms with Gasteiger partial charge in [-0.2, -0.15) is 0 Å². The molecule has 0 aliphatic carbocycles. The monoisotopic (exact) mass is 403 g/mol. The van der Waals surface area contributed by atoms with Crippen LogP contribution < -0.4 is 5.32 Å². The van der Waals surface area contributed by atoms with Gasteiger partial charge in [-0.25, -0.2) is 8.78 Å². The molecule has 2 rings (SSSR count). The Bertz CT molecular complexity index is 913. The highest BCUT2D eigenvalue weighted by Gasteiger charge is 2.30. The molecular formula is C22H23F2NO4. The van der Waals surface area contributed by atoms with E-state index in [0.29, 0.717) is 0 Å². The molecule has 2 atom stereocenters. The van der Waals surface area contributed by atoms with Crippen LogP contribution in [0.1, 0.15) is 30.1 Å². The molecule has 7 heteroatoms. The molecule has 29 heavy (non-hydrogen) atoms. The van der Waals surface area contributed by atoms with Crippen molar-refractivity contribution in [2.45, 2.75) is 19.8 Å². The number of nitrogens with one attached hydrogen (secondary N) is 1. The molecule has 0 bridgehead atoms. The largest absolute Gasteiger partial charge is 0.396 e. The molecule has 2 aromatic carbocycles. The molecule has 0 aliphatic rings. The highest BCUT2D eigenvalue weighted by molar-refractivity contribution is 6.03. The topological polar surface area (TPSA) is 83.5 Å². The smallest absolute Gasteiger partial charge is 0.230 e. The summed E-state index contributed by atoms with van der Waals surface area (Å²) in [6.07, 6.45) is -0.251. The molecule has 0 heterocycles. The zero-order chi connectivity index (χ0) is 21.6. The van der Waals surface area contributed by atoms with Gasteiger partial charge in [-0.3, -0.25) is 14.4 Å². The average Bonchev–Trinajstić information content (AvgIpc) is 2.71. The number of hydrogen-bond donors (Lipinski definition) is 2. The summed E-state index contributed by atoms with van der Waals surface area (Å²) in [5.41, 5.74) is 0.195. The fourth-order valence-electron chi connectivity index (χ4n) is 3.15. The van der Waals surface area contributed by atoms with Gasteiger partial charge >= 0.3 is 0 Å². The van der Waals surface area contributed by atoms with E-state index in [2.05, 4.69) is 5.32 Å². The van der Waals surface area contributed by atoms with Crippen molar-refractivity contribution < 1.29 is 28.3 Å². The number of carbonyl (C=O) groups excluding carboxylic acids is 3. The molecule has 2 unspecified atom stereocenters. The summed E-state index contributed by atoms with van der Waals surface area (Å²) >= 11 is 0. The molecule has 0 radical (unpaired) electrons. The quantitative estimate of drug-likeness (QED) is 0.498. The normalized spacial score (nSPS) is 12.9. The van der Waals surface area contributed by atoms with Crippen molar-refractivity contribution in [3.05, 3.63) is 59.7 Å². The minimum atomic E-state index is -1.08. The van der Waals surface area contributed by atoms with Gasteiger partial charge < -0.3 is 10.4 Å². The van der Waals surface area contributed by atoms with Crippen molar-refractivity contribution >= 4 is 17.5 Å². The number of rotatable bonds is 9. The second-order valence-electron chi connectivity index (χ2n) is 6.78. The lowest BCUT2D eigenvalue weighted by Gasteiger charge is -2.18. The van der Waals surface area contributed by atoms with Crippen LogP contribution in [0, 0.1) is 23.5 Å². The van der Waals surface area contributed by atoms with Crippen LogP contribution in [0.15, 0.2) is 42.5 Å². The minimum absolute atomic E-state index is 0.0358. The van der Waals surface area contributed by atoms with Crippen molar-refractivity contribution in [2.24, 2.45) is 11.8 Å². The third-order valence-corrected chi connectivity index (χ3v) is 4.76. The Hall–Kier alpha value is -2.93. The molecule has 2 N–H and O–H groups in total. The van der Waals surface area contributed by atoms with Crippen molar-refractivity contribution in [3.8, 4) is 11.1 Å². The Morgan fingerprint density at radius 2 is 1.69 bits per heavy atom. The molecule has 5 nitrogen and oxygen atoms in total. The van der Waals surface area contributed by atoms with E-state index >= 15 is 0 Å². The van der Waals surface area contributed by atoms with Gasteiger partial charge in [-0.15, -0.1) is 0 Å². The summed E-state index contributed by atoms with van der Waals surface area (Å²) < 4.78 is 28.5. The Morgan fingerprint density at radius 3 is 2.28 bits per heavy atom. The highest BCUT2D eigenvalue weighted by Crippen LogP contribution is 2.27. The molecule has 154 valence electrons. The van der Waals surface area contributed by atoms with E-state index in [1.165, 1.54) is 37.4 Å². The van der Waals surface area contributed by atoms with E-state index in [1.807, 2.05) is 0 Å². The number of benzene rings is 2. The van der Waals surface area contributed by atoms with Gasteiger partial charge in [0.25, 0.3) is 0 Å². The molecule has 1 amide bonds. The summed E-state index contributed by atoms with van der Waals surface area (Å²) in [5.74, 6) is -4.57. The number of carbonyl (C=O) groups is 3. The Labute approximate surface area is 167 Å². The highest BCUT2D eigenvalue weighted by atomic mass is 19.1. The third-order valence-electron chi connectivity index (χ3n) is 4.76. The number of ketones is 2. The first-order chi connectivity index (χ1) is 13.8. The number of amides is 1. The first-order valence-corrected chi connectivity index (χ1v) is 9.24. The summed E-state index contributed by atoms with van der Waals surface area (Å²) in [5, 5.41) is 11.3. The molecule has 0 aliphatic heterocycles. The maximum atomic E-state index is 14.5. The predicted molar refractivity (Wildman–Crippen MR) is 104 cm³/mol. The van der Waals surface area contributed by atoms with E-state index in [0.717, 1.165) is 6.07 Å². The van der Waals surface area contributed by atoms with E-state index in [1.54, 1.807) is 13.0 Å². The number of Topliss-reactive ketones (excluding diaryl/α,β-unsaturated/α-hetero) is 2. The minimum Gasteiger partial charge on any atom is -0.396 e. The van der Waals surface area contributed by atoms with Gasteiger partial charge in [0.15, 0.2) is 5.78 Å². The predicted octanol–water partition coefficient (Wildman–Crippen LogP) is 3.15. The molecular weight excluding hydrogens is 380 g/mol. The van der Waals surface area contributed by atoms with Crippen LogP contribution >= 0.6 is 0 Å². The standard InChI is InChI=1S/C22H23F2NO4/c1-13(11-17(22(29)25-2)20(27)9-10-26)21(28)14-7-8-16(19(24)12-14)15-5-3-4-6-18(15)23/h3-8,12-13,17,26H,9-11H2,1-2H3,(H,25,29). The van der Waals surface area contributed by atoms with E-state index in [4.69, 9.17) is 5.11 Å². The van der Waals surface area contributed by atoms with Crippen molar-refractivity contribution in [3.63, 3.8) is 0 Å². The second kappa shape index (κ2) is 10.0. The number of hydrogen-bond acceptors (Lipinski definition) is 4. The summed E-state index contributed by atoms with van der Waals surface area (Å²) in [6.45, 7) is 1.16. The van der Waals surface area contributed by atoms with Gasteiger partial charge in [-0.1, -0.05) is 37.3 Å². The maximum Gasteiger partial charge on any atom is 0.230 e. The van der Waals surface area contributed by atoms with Crippen LogP contribution in [-0.2, 0) is 9.59 Å². The SMILES string of the molecule is CNC(=O)C(CC(C)C(=O)c1ccc(-c2ccccc2F)c(F)c1)C(=O)CCO. The summed E-state index contributed by atoms with van der Waals surface area (Å²) in [4.78, 5) is 36.8. The van der Waals surface area contributed by atoms with Crippen molar-refractivity contribution in [1.29, 1.82) is 0 Å². The molecule has 0 spiro atoms. The van der Waals surface area contributed by atoms with Crippen molar-refractivity contribution in [1.82, 2.24) is 5.32 Å². The van der Waals surface area contributed by atoms with Gasteiger partial charge in [0, 0.05) is 42.7 Å². The number of aliphatic hydroxyl groups excluding tert-OH is 1. The fraction of sp³-hybridized carbons (Fsp3) is 0.318. The summed E-state index contributed by atoms with van der Waals surface area (Å²) in [6, 6.07) is 9.51. The van der Waals surface area contributed by atoms with Crippen LogP contribution in [0.2, 0.25) is 0 Å². The van der Waals surface area contributed by atoms with E-state index in [-0.39, 0.29) is 29.5 Å². The first-order valence-electron chi connectivity index (χ1n) is 9.24. The number of aliphatic hydroxyl groups is 1. The molecule has 0 saturated heterocycles. The Morgan fingerprint density at radius 1 is 1.03 bits per heavy atom. The fourth-order valence-corrected chi connectivity index (χ4v) is 3.15. The Kier molecular flexibility index (Phi) is 7.73. The van der Waals surface area contributed by atoms with E-state index in [9.17, 15) is 23.2 Å².